The molecule has 2 rings (SSSR count). The van der Waals surface area contributed by atoms with Crippen LogP contribution in [0.2, 0.25) is 0 Å². The van der Waals surface area contributed by atoms with Crippen LogP contribution >= 0.6 is 0 Å². The van der Waals surface area contributed by atoms with Crippen LogP contribution in [0.1, 0.15) is 16.7 Å². The SMILES string of the molecule is Cc1cccc(C)c1CC(N)C1COCCO1. The molecule has 0 amide bonds. The molecule has 1 saturated heterocycles. The van der Waals surface area contributed by atoms with E-state index < -0.39 is 0 Å². The third-order valence-corrected chi connectivity index (χ3v) is 3.40. The first-order valence-corrected chi connectivity index (χ1v) is 6.18. The second kappa shape index (κ2) is 5.63. The Bertz CT molecular complexity index is 352. The molecular weight excluding hydrogens is 214 g/mol. The van der Waals surface area contributed by atoms with E-state index in [1.807, 2.05) is 0 Å². The Labute approximate surface area is 103 Å². The fraction of sp³-hybridized carbons (Fsp3) is 0.571. The highest BCUT2D eigenvalue weighted by atomic mass is 16.6. The van der Waals surface area contributed by atoms with Crippen LogP contribution in [0.3, 0.4) is 0 Å². The van der Waals surface area contributed by atoms with E-state index in [1.54, 1.807) is 0 Å². The summed E-state index contributed by atoms with van der Waals surface area (Å²) in [6.07, 6.45) is 0.884. The molecule has 0 radical (unpaired) electrons. The zero-order chi connectivity index (χ0) is 12.3. The second-order valence-electron chi connectivity index (χ2n) is 4.72. The molecule has 3 heteroatoms. The quantitative estimate of drug-likeness (QED) is 0.865. The van der Waals surface area contributed by atoms with Gasteiger partial charge in [0.1, 0.15) is 0 Å². The zero-order valence-corrected chi connectivity index (χ0v) is 10.6. The van der Waals surface area contributed by atoms with Gasteiger partial charge in [0.2, 0.25) is 0 Å². The third-order valence-electron chi connectivity index (χ3n) is 3.40. The van der Waals surface area contributed by atoms with Crippen LogP contribution in [0, 0.1) is 13.8 Å². The second-order valence-corrected chi connectivity index (χ2v) is 4.72. The molecule has 0 aromatic heterocycles. The first-order chi connectivity index (χ1) is 8.18. The molecule has 1 heterocycles. The summed E-state index contributed by atoms with van der Waals surface area (Å²) < 4.78 is 11.0. The van der Waals surface area contributed by atoms with Crippen molar-refractivity contribution in [2.45, 2.75) is 32.4 Å². The monoisotopic (exact) mass is 235 g/mol. The highest BCUT2D eigenvalue weighted by Crippen LogP contribution is 2.17. The molecule has 0 bridgehead atoms. The van der Waals surface area contributed by atoms with E-state index in [-0.39, 0.29) is 12.1 Å². The first kappa shape index (κ1) is 12.6. The van der Waals surface area contributed by atoms with Crippen LogP contribution in [0.15, 0.2) is 18.2 Å². The van der Waals surface area contributed by atoms with Crippen LogP contribution < -0.4 is 5.73 Å². The maximum Gasteiger partial charge on any atom is 0.0963 e. The van der Waals surface area contributed by atoms with Crippen molar-refractivity contribution >= 4 is 0 Å². The number of aryl methyl sites for hydroxylation is 2. The maximum absolute atomic E-state index is 6.21. The summed E-state index contributed by atoms with van der Waals surface area (Å²) in [5, 5.41) is 0. The summed E-state index contributed by atoms with van der Waals surface area (Å²) in [4.78, 5) is 0. The molecule has 2 N–H and O–H groups in total. The van der Waals surface area contributed by atoms with Gasteiger partial charge in [0.15, 0.2) is 0 Å². The minimum Gasteiger partial charge on any atom is -0.376 e. The van der Waals surface area contributed by atoms with Crippen LogP contribution in [0.25, 0.3) is 0 Å². The minimum absolute atomic E-state index is 0.00935. The van der Waals surface area contributed by atoms with Gasteiger partial charge in [-0.1, -0.05) is 18.2 Å². The van der Waals surface area contributed by atoms with Gasteiger partial charge in [0.25, 0.3) is 0 Å². The average molecular weight is 235 g/mol. The lowest BCUT2D eigenvalue weighted by Crippen LogP contribution is -2.45. The number of rotatable bonds is 3. The van der Waals surface area contributed by atoms with Crippen molar-refractivity contribution in [1.82, 2.24) is 0 Å². The van der Waals surface area contributed by atoms with Gasteiger partial charge in [-0.2, -0.15) is 0 Å². The topological polar surface area (TPSA) is 44.5 Å². The Morgan fingerprint density at radius 2 is 2.00 bits per heavy atom. The van der Waals surface area contributed by atoms with E-state index in [0.29, 0.717) is 19.8 Å². The first-order valence-electron chi connectivity index (χ1n) is 6.18. The lowest BCUT2D eigenvalue weighted by atomic mass is 9.94. The summed E-state index contributed by atoms with van der Waals surface area (Å²) in [5.41, 5.74) is 10.2. The van der Waals surface area contributed by atoms with Gasteiger partial charge in [-0.05, 0) is 37.0 Å². The predicted octanol–water partition coefficient (Wildman–Crippen LogP) is 1.59. The summed E-state index contributed by atoms with van der Waals surface area (Å²) in [7, 11) is 0. The molecule has 2 atom stereocenters. The standard InChI is InChI=1S/C14H21NO2/c1-10-4-3-5-11(2)12(10)8-13(15)14-9-16-6-7-17-14/h3-5,13-14H,6-9,15H2,1-2H3. The molecule has 0 aliphatic carbocycles. The molecule has 1 aromatic rings. The molecule has 94 valence electrons. The highest BCUT2D eigenvalue weighted by molar-refractivity contribution is 5.34. The van der Waals surface area contributed by atoms with E-state index >= 15 is 0 Å². The molecule has 1 aliphatic rings. The van der Waals surface area contributed by atoms with Gasteiger partial charge in [0.05, 0.1) is 25.9 Å². The van der Waals surface area contributed by atoms with Gasteiger partial charge >= 0.3 is 0 Å². The molecule has 1 fully saturated rings. The largest absolute Gasteiger partial charge is 0.376 e. The highest BCUT2D eigenvalue weighted by Gasteiger charge is 2.22. The molecule has 1 aliphatic heterocycles. The number of ether oxygens (including phenoxy) is 2. The van der Waals surface area contributed by atoms with Gasteiger partial charge < -0.3 is 15.2 Å². The number of hydrogen-bond acceptors (Lipinski definition) is 3. The van der Waals surface area contributed by atoms with Crippen molar-refractivity contribution in [3.63, 3.8) is 0 Å². The normalized spacial score (nSPS) is 22.4. The van der Waals surface area contributed by atoms with E-state index in [1.165, 1.54) is 16.7 Å². The summed E-state index contributed by atoms with van der Waals surface area (Å²) in [5.74, 6) is 0. The minimum atomic E-state index is 0.00935. The van der Waals surface area contributed by atoms with E-state index in [9.17, 15) is 0 Å². The summed E-state index contributed by atoms with van der Waals surface area (Å²) >= 11 is 0. The number of benzene rings is 1. The molecular formula is C14H21NO2. The van der Waals surface area contributed by atoms with Crippen molar-refractivity contribution in [2.75, 3.05) is 19.8 Å². The van der Waals surface area contributed by atoms with Crippen molar-refractivity contribution < 1.29 is 9.47 Å². The van der Waals surface area contributed by atoms with Crippen molar-refractivity contribution in [2.24, 2.45) is 5.73 Å². The Morgan fingerprint density at radius 3 is 2.59 bits per heavy atom. The van der Waals surface area contributed by atoms with Crippen LogP contribution in [0.4, 0.5) is 0 Å². The van der Waals surface area contributed by atoms with Crippen molar-refractivity contribution in [3.8, 4) is 0 Å². The molecule has 1 aromatic carbocycles. The van der Waals surface area contributed by atoms with Gasteiger partial charge in [-0.15, -0.1) is 0 Å². The van der Waals surface area contributed by atoms with E-state index in [0.717, 1.165) is 6.42 Å². The molecule has 2 unspecified atom stereocenters. The van der Waals surface area contributed by atoms with Crippen LogP contribution in [0.5, 0.6) is 0 Å². The Balaban J connectivity index is 2.04. The zero-order valence-electron chi connectivity index (χ0n) is 10.6. The Kier molecular flexibility index (Phi) is 4.15. The van der Waals surface area contributed by atoms with Crippen molar-refractivity contribution in [3.05, 3.63) is 34.9 Å². The van der Waals surface area contributed by atoms with E-state index in [2.05, 4.69) is 32.0 Å². The molecule has 3 nitrogen and oxygen atoms in total. The lowest BCUT2D eigenvalue weighted by Gasteiger charge is -2.28. The van der Waals surface area contributed by atoms with Gasteiger partial charge in [-0.25, -0.2) is 0 Å². The van der Waals surface area contributed by atoms with E-state index in [4.69, 9.17) is 15.2 Å². The summed E-state index contributed by atoms with van der Waals surface area (Å²) in [6.45, 7) is 6.23. The third kappa shape index (κ3) is 3.06. The molecule has 0 spiro atoms. The Morgan fingerprint density at radius 1 is 1.29 bits per heavy atom. The number of hydrogen-bond donors (Lipinski definition) is 1. The Hall–Kier alpha value is -0.900. The van der Waals surface area contributed by atoms with Crippen LogP contribution in [-0.2, 0) is 15.9 Å². The molecule has 17 heavy (non-hydrogen) atoms. The predicted molar refractivity (Wildman–Crippen MR) is 68.2 cm³/mol. The smallest absolute Gasteiger partial charge is 0.0963 e. The van der Waals surface area contributed by atoms with Crippen LogP contribution in [-0.4, -0.2) is 32.0 Å². The summed E-state index contributed by atoms with van der Waals surface area (Å²) in [6, 6.07) is 6.36. The average Bonchev–Trinajstić information content (AvgIpc) is 2.35. The lowest BCUT2D eigenvalue weighted by molar-refractivity contribution is -0.0967. The number of nitrogens with two attached hydrogens (primary N) is 1. The fourth-order valence-electron chi connectivity index (χ4n) is 2.29. The van der Waals surface area contributed by atoms with Gasteiger partial charge in [-0.3, -0.25) is 0 Å². The fourth-order valence-corrected chi connectivity index (χ4v) is 2.29. The maximum atomic E-state index is 6.21. The van der Waals surface area contributed by atoms with Crippen molar-refractivity contribution in [1.29, 1.82) is 0 Å². The van der Waals surface area contributed by atoms with Gasteiger partial charge in [0, 0.05) is 6.04 Å². The molecule has 0 saturated carbocycles.